The maximum absolute atomic E-state index is 4.94. The molecule has 10 rings (SSSR count). The highest BCUT2D eigenvalue weighted by Gasteiger charge is 2.18. The zero-order chi connectivity index (χ0) is 35.1. The molecule has 0 radical (unpaired) electrons. The number of benzene rings is 8. The van der Waals surface area contributed by atoms with Gasteiger partial charge in [-0.05, 0) is 45.7 Å². The van der Waals surface area contributed by atoms with Crippen LogP contribution >= 0.6 is 0 Å². The molecule has 0 saturated heterocycles. The fourth-order valence-corrected chi connectivity index (χ4v) is 7.60. The van der Waals surface area contributed by atoms with E-state index in [1.165, 1.54) is 49.3 Å². The van der Waals surface area contributed by atoms with E-state index in [0.717, 1.165) is 27.9 Å². The molecule has 0 fully saturated rings. The Kier molecular flexibility index (Phi) is 7.43. The number of hydrogen-bond donors (Lipinski definition) is 0. The molecule has 2 heterocycles. The third kappa shape index (κ3) is 5.36. The summed E-state index contributed by atoms with van der Waals surface area (Å²) in [6.07, 6.45) is 0. The minimum absolute atomic E-state index is 0.645. The average molecular weight is 677 g/mol. The van der Waals surface area contributed by atoms with Crippen LogP contribution in [0.5, 0.6) is 0 Å². The molecule has 10 aromatic rings. The van der Waals surface area contributed by atoms with Gasteiger partial charge in [0.2, 0.25) is 0 Å². The van der Waals surface area contributed by atoms with Crippen molar-refractivity contribution in [3.8, 4) is 62.1 Å². The van der Waals surface area contributed by atoms with Crippen LogP contribution in [0.4, 0.5) is 0 Å². The normalized spacial score (nSPS) is 11.4. The zero-order valence-corrected chi connectivity index (χ0v) is 28.8. The molecule has 4 heteroatoms. The topological polar surface area (TPSA) is 43.6 Å². The summed E-state index contributed by atoms with van der Waals surface area (Å²) in [4.78, 5) is 14.7. The number of hydrogen-bond acceptors (Lipinski definition) is 3. The number of para-hydroxylation sites is 3. The van der Waals surface area contributed by atoms with E-state index in [0.29, 0.717) is 17.5 Å². The molecule has 8 aromatic carbocycles. The molecule has 0 unspecified atom stereocenters. The molecule has 0 aliphatic rings. The maximum atomic E-state index is 4.94. The Balaban J connectivity index is 1.08. The number of aromatic nitrogens is 4. The predicted molar refractivity (Wildman–Crippen MR) is 219 cm³/mol. The quantitative estimate of drug-likeness (QED) is 0.176. The minimum atomic E-state index is 0.645. The Bertz CT molecular complexity index is 2820. The highest BCUT2D eigenvalue weighted by molar-refractivity contribution is 6.11. The molecule has 0 atom stereocenters. The molecular formula is C49H32N4. The van der Waals surface area contributed by atoms with Crippen molar-refractivity contribution < 1.29 is 0 Å². The van der Waals surface area contributed by atoms with Crippen molar-refractivity contribution in [1.82, 2.24) is 19.5 Å². The van der Waals surface area contributed by atoms with Gasteiger partial charge in [-0.15, -0.1) is 0 Å². The first-order valence-electron chi connectivity index (χ1n) is 17.9. The number of nitrogens with zero attached hydrogens (tertiary/aromatic N) is 4. The SMILES string of the molecule is c1ccc(-c2nc(-c3ccccc3)nc(-c3ccc(-c4ccc(-c5ccccc5-n5c6ccccc6c6ccccc65)c5ccccc45)cc3)n2)cc1. The van der Waals surface area contributed by atoms with Crippen LogP contribution in [0.25, 0.3) is 94.7 Å². The summed E-state index contributed by atoms with van der Waals surface area (Å²) in [6.45, 7) is 0. The molecular weight excluding hydrogens is 645 g/mol. The van der Waals surface area contributed by atoms with E-state index in [2.05, 4.69) is 138 Å². The fourth-order valence-electron chi connectivity index (χ4n) is 7.60. The summed E-state index contributed by atoms with van der Waals surface area (Å²) >= 11 is 0. The smallest absolute Gasteiger partial charge is 0.164 e. The molecule has 0 bridgehead atoms. The van der Waals surface area contributed by atoms with Gasteiger partial charge in [-0.1, -0.05) is 176 Å². The van der Waals surface area contributed by atoms with Gasteiger partial charge in [0.15, 0.2) is 17.5 Å². The third-order valence-electron chi connectivity index (χ3n) is 10.1. The second kappa shape index (κ2) is 12.9. The Hall–Kier alpha value is -7.17. The van der Waals surface area contributed by atoms with Crippen molar-refractivity contribution in [1.29, 1.82) is 0 Å². The van der Waals surface area contributed by atoms with E-state index in [1.54, 1.807) is 0 Å². The van der Waals surface area contributed by atoms with E-state index in [1.807, 2.05) is 60.7 Å². The summed E-state index contributed by atoms with van der Waals surface area (Å²) in [5.74, 6) is 1.95. The molecule has 0 saturated carbocycles. The molecule has 0 amide bonds. The molecule has 0 N–H and O–H groups in total. The van der Waals surface area contributed by atoms with E-state index in [4.69, 9.17) is 15.0 Å². The van der Waals surface area contributed by atoms with Crippen LogP contribution in [-0.4, -0.2) is 19.5 Å². The van der Waals surface area contributed by atoms with Crippen molar-refractivity contribution in [2.75, 3.05) is 0 Å². The predicted octanol–water partition coefficient (Wildman–Crippen LogP) is 12.5. The number of fused-ring (bicyclic) bond motifs is 4. The van der Waals surface area contributed by atoms with E-state index in [-0.39, 0.29) is 0 Å². The first-order valence-corrected chi connectivity index (χ1v) is 17.9. The zero-order valence-electron chi connectivity index (χ0n) is 28.8. The first-order chi connectivity index (χ1) is 26.3. The fraction of sp³-hybridized carbons (Fsp3) is 0. The maximum Gasteiger partial charge on any atom is 0.164 e. The van der Waals surface area contributed by atoms with Crippen LogP contribution in [0, 0.1) is 0 Å². The van der Waals surface area contributed by atoms with Crippen molar-refractivity contribution >= 4 is 32.6 Å². The lowest BCUT2D eigenvalue weighted by Gasteiger charge is -2.17. The van der Waals surface area contributed by atoms with Gasteiger partial charge in [-0.2, -0.15) is 0 Å². The van der Waals surface area contributed by atoms with E-state index in [9.17, 15) is 0 Å². The molecule has 0 aliphatic heterocycles. The second-order valence-corrected chi connectivity index (χ2v) is 13.2. The van der Waals surface area contributed by atoms with Crippen LogP contribution in [-0.2, 0) is 0 Å². The Morgan fingerprint density at radius 2 is 0.660 bits per heavy atom. The largest absolute Gasteiger partial charge is 0.309 e. The van der Waals surface area contributed by atoms with Gasteiger partial charge >= 0.3 is 0 Å². The Morgan fingerprint density at radius 3 is 1.23 bits per heavy atom. The summed E-state index contributed by atoms with van der Waals surface area (Å²) in [5, 5.41) is 4.92. The lowest BCUT2D eigenvalue weighted by molar-refractivity contribution is 1.07. The van der Waals surface area contributed by atoms with Crippen molar-refractivity contribution in [2.45, 2.75) is 0 Å². The summed E-state index contributed by atoms with van der Waals surface area (Å²) in [5.41, 5.74) is 11.1. The van der Waals surface area contributed by atoms with Gasteiger partial charge in [0.25, 0.3) is 0 Å². The molecule has 4 nitrogen and oxygen atoms in total. The van der Waals surface area contributed by atoms with Crippen LogP contribution in [0.1, 0.15) is 0 Å². The standard InChI is InChI=1S/C49H32N4/c1-3-15-34(16-4-1)47-50-48(35-17-5-2-6-18-35)52-49(51-47)36-29-27-33(28-30-36)37-31-32-40(39-20-8-7-19-38(37)39)41-21-9-12-24-44(41)53-45-25-13-10-22-42(45)43-23-11-14-26-46(43)53/h1-32H. The third-order valence-corrected chi connectivity index (χ3v) is 10.1. The van der Waals surface area contributed by atoms with Gasteiger partial charge in [0.05, 0.1) is 16.7 Å². The molecule has 2 aromatic heterocycles. The molecule has 0 spiro atoms. The minimum Gasteiger partial charge on any atom is -0.309 e. The Morgan fingerprint density at radius 1 is 0.264 bits per heavy atom. The van der Waals surface area contributed by atoms with Gasteiger partial charge in [0.1, 0.15) is 0 Å². The van der Waals surface area contributed by atoms with Gasteiger partial charge < -0.3 is 4.57 Å². The first kappa shape index (κ1) is 30.6. The van der Waals surface area contributed by atoms with Gasteiger partial charge in [0, 0.05) is 33.0 Å². The summed E-state index contributed by atoms with van der Waals surface area (Å²) in [6, 6.07) is 68.2. The highest BCUT2D eigenvalue weighted by Crippen LogP contribution is 2.41. The monoisotopic (exact) mass is 676 g/mol. The van der Waals surface area contributed by atoms with Gasteiger partial charge in [-0.25, -0.2) is 15.0 Å². The summed E-state index contributed by atoms with van der Waals surface area (Å²) < 4.78 is 2.41. The van der Waals surface area contributed by atoms with Crippen molar-refractivity contribution in [2.24, 2.45) is 0 Å². The van der Waals surface area contributed by atoms with E-state index >= 15 is 0 Å². The van der Waals surface area contributed by atoms with Crippen molar-refractivity contribution in [3.63, 3.8) is 0 Å². The molecule has 0 aliphatic carbocycles. The average Bonchev–Trinajstić information content (AvgIpc) is 3.58. The molecule has 248 valence electrons. The van der Waals surface area contributed by atoms with Crippen LogP contribution in [0.15, 0.2) is 194 Å². The molecule has 53 heavy (non-hydrogen) atoms. The second-order valence-electron chi connectivity index (χ2n) is 13.2. The number of rotatable bonds is 6. The van der Waals surface area contributed by atoms with E-state index < -0.39 is 0 Å². The lowest BCUT2D eigenvalue weighted by Crippen LogP contribution is -2.00. The van der Waals surface area contributed by atoms with Crippen LogP contribution < -0.4 is 0 Å². The van der Waals surface area contributed by atoms with Crippen molar-refractivity contribution in [3.05, 3.63) is 194 Å². The van der Waals surface area contributed by atoms with Crippen LogP contribution in [0.3, 0.4) is 0 Å². The summed E-state index contributed by atoms with van der Waals surface area (Å²) in [7, 11) is 0. The Labute approximate surface area is 307 Å². The lowest BCUT2D eigenvalue weighted by atomic mass is 9.91. The van der Waals surface area contributed by atoms with Gasteiger partial charge in [-0.3, -0.25) is 0 Å². The van der Waals surface area contributed by atoms with Crippen LogP contribution in [0.2, 0.25) is 0 Å². The highest BCUT2D eigenvalue weighted by atomic mass is 15.0.